The van der Waals surface area contributed by atoms with Crippen molar-refractivity contribution in [2.45, 2.75) is 40.0 Å². The minimum Gasteiger partial charge on any atom is -0.370 e. The smallest absolute Gasteiger partial charge is 0.191 e. The number of rotatable bonds is 5. The highest BCUT2D eigenvalue weighted by Crippen LogP contribution is 2.26. The molecule has 0 aliphatic carbocycles. The van der Waals surface area contributed by atoms with Crippen molar-refractivity contribution in [2.24, 2.45) is 10.7 Å². The fourth-order valence-electron chi connectivity index (χ4n) is 2.34. The molecule has 0 spiro atoms. The fourth-order valence-corrected chi connectivity index (χ4v) is 2.34. The zero-order valence-corrected chi connectivity index (χ0v) is 15.6. The van der Waals surface area contributed by atoms with Crippen molar-refractivity contribution in [3.8, 4) is 0 Å². The van der Waals surface area contributed by atoms with Crippen LogP contribution in [0.5, 0.6) is 0 Å². The van der Waals surface area contributed by atoms with E-state index in [1.807, 2.05) is 0 Å². The van der Waals surface area contributed by atoms with Crippen molar-refractivity contribution in [2.75, 3.05) is 19.6 Å². The maximum absolute atomic E-state index is 6.04. The first kappa shape index (κ1) is 19.2. The minimum atomic E-state index is 0. The summed E-state index contributed by atoms with van der Waals surface area (Å²) in [5.74, 6) is 0.645. The molecule has 0 heterocycles. The summed E-state index contributed by atoms with van der Waals surface area (Å²) in [4.78, 5) is 6.65. The fraction of sp³-hybridized carbons (Fsp3) is 0.562. The van der Waals surface area contributed by atoms with Crippen molar-refractivity contribution < 1.29 is 0 Å². The Hall–Kier alpha value is -0.780. The standard InChI is InChI=1S/C16H27N3.HI/c1-6-19(7-2)15(17)18-12-16(4,5)14-11-9-8-10-13(14)3;/h8-11H,6-7,12H2,1-5H3,(H2,17,18);1H. The molecule has 0 saturated heterocycles. The van der Waals surface area contributed by atoms with Crippen molar-refractivity contribution in [1.29, 1.82) is 0 Å². The highest BCUT2D eigenvalue weighted by molar-refractivity contribution is 14.0. The van der Waals surface area contributed by atoms with Gasteiger partial charge in [-0.2, -0.15) is 0 Å². The molecule has 0 atom stereocenters. The van der Waals surface area contributed by atoms with Crippen LogP contribution in [0.4, 0.5) is 0 Å². The molecule has 0 saturated carbocycles. The van der Waals surface area contributed by atoms with E-state index in [-0.39, 0.29) is 29.4 Å². The molecular weight excluding hydrogens is 361 g/mol. The quantitative estimate of drug-likeness (QED) is 0.476. The largest absolute Gasteiger partial charge is 0.370 e. The highest BCUT2D eigenvalue weighted by atomic mass is 127. The van der Waals surface area contributed by atoms with Gasteiger partial charge in [-0.3, -0.25) is 4.99 Å². The molecule has 2 N–H and O–H groups in total. The van der Waals surface area contributed by atoms with E-state index >= 15 is 0 Å². The molecule has 0 bridgehead atoms. The van der Waals surface area contributed by atoms with Crippen LogP contribution in [0.3, 0.4) is 0 Å². The Kier molecular flexibility index (Phi) is 8.16. The number of benzene rings is 1. The zero-order valence-electron chi connectivity index (χ0n) is 13.3. The van der Waals surface area contributed by atoms with Crippen LogP contribution in [0.1, 0.15) is 38.8 Å². The number of hydrogen-bond acceptors (Lipinski definition) is 1. The van der Waals surface area contributed by atoms with E-state index in [9.17, 15) is 0 Å². The summed E-state index contributed by atoms with van der Waals surface area (Å²) in [6.07, 6.45) is 0. The first-order valence-corrected chi connectivity index (χ1v) is 7.03. The predicted octanol–water partition coefficient (Wildman–Crippen LogP) is 3.55. The maximum Gasteiger partial charge on any atom is 0.191 e. The zero-order chi connectivity index (χ0) is 14.5. The Balaban J connectivity index is 0.00000361. The normalized spacial score (nSPS) is 11.9. The molecule has 0 unspecified atom stereocenters. The molecule has 20 heavy (non-hydrogen) atoms. The van der Waals surface area contributed by atoms with Gasteiger partial charge < -0.3 is 10.6 Å². The van der Waals surface area contributed by atoms with Gasteiger partial charge in [-0.15, -0.1) is 24.0 Å². The van der Waals surface area contributed by atoms with Crippen LogP contribution in [0.25, 0.3) is 0 Å². The van der Waals surface area contributed by atoms with Crippen molar-refractivity contribution in [1.82, 2.24) is 4.90 Å². The molecule has 0 aromatic heterocycles. The van der Waals surface area contributed by atoms with E-state index in [2.05, 4.69) is 68.8 Å². The van der Waals surface area contributed by atoms with E-state index in [4.69, 9.17) is 5.73 Å². The molecule has 0 aliphatic heterocycles. The third-order valence-electron chi connectivity index (χ3n) is 3.60. The molecule has 0 radical (unpaired) electrons. The van der Waals surface area contributed by atoms with Crippen LogP contribution in [0.2, 0.25) is 0 Å². The molecule has 1 rings (SSSR count). The monoisotopic (exact) mass is 389 g/mol. The summed E-state index contributed by atoms with van der Waals surface area (Å²) in [5, 5.41) is 0. The second-order valence-electron chi connectivity index (χ2n) is 5.55. The Morgan fingerprint density at radius 2 is 1.75 bits per heavy atom. The van der Waals surface area contributed by atoms with Crippen LogP contribution in [-0.2, 0) is 5.41 Å². The first-order valence-electron chi connectivity index (χ1n) is 7.03. The highest BCUT2D eigenvalue weighted by Gasteiger charge is 2.22. The average molecular weight is 389 g/mol. The van der Waals surface area contributed by atoms with Crippen molar-refractivity contribution in [3.05, 3.63) is 35.4 Å². The van der Waals surface area contributed by atoms with Crippen molar-refractivity contribution >= 4 is 29.9 Å². The molecule has 4 heteroatoms. The SMILES string of the molecule is CCN(CC)C(N)=NCC(C)(C)c1ccccc1C.I. The number of nitrogens with two attached hydrogens (primary N) is 1. The van der Waals surface area contributed by atoms with Gasteiger partial charge in [0.15, 0.2) is 5.96 Å². The van der Waals surface area contributed by atoms with Crippen LogP contribution in [-0.4, -0.2) is 30.5 Å². The van der Waals surface area contributed by atoms with Crippen molar-refractivity contribution in [3.63, 3.8) is 0 Å². The summed E-state index contributed by atoms with van der Waals surface area (Å²) in [6.45, 7) is 13.3. The number of hydrogen-bond donors (Lipinski definition) is 1. The Morgan fingerprint density at radius 3 is 2.25 bits per heavy atom. The number of halogens is 1. The average Bonchev–Trinajstić information content (AvgIpc) is 2.38. The molecule has 0 fully saturated rings. The molecular formula is C16H28IN3. The van der Waals surface area contributed by atoms with Gasteiger partial charge in [0.05, 0.1) is 6.54 Å². The summed E-state index contributed by atoms with van der Waals surface area (Å²) < 4.78 is 0. The lowest BCUT2D eigenvalue weighted by molar-refractivity contribution is 0.451. The van der Waals surface area contributed by atoms with Crippen LogP contribution in [0, 0.1) is 6.92 Å². The molecule has 1 aromatic carbocycles. The van der Waals surface area contributed by atoms with Gasteiger partial charge >= 0.3 is 0 Å². The predicted molar refractivity (Wildman–Crippen MR) is 99.0 cm³/mol. The molecule has 1 aromatic rings. The second-order valence-corrected chi connectivity index (χ2v) is 5.55. The number of aryl methyl sites for hydroxylation is 1. The van der Waals surface area contributed by atoms with E-state index < -0.39 is 0 Å². The lowest BCUT2D eigenvalue weighted by Crippen LogP contribution is -2.38. The van der Waals surface area contributed by atoms with Gasteiger partial charge in [0, 0.05) is 18.5 Å². The molecule has 114 valence electrons. The Morgan fingerprint density at radius 1 is 1.20 bits per heavy atom. The van der Waals surface area contributed by atoms with E-state index in [1.165, 1.54) is 11.1 Å². The number of aliphatic imine (C=N–C) groups is 1. The molecule has 0 amide bonds. The minimum absolute atomic E-state index is 0. The van der Waals surface area contributed by atoms with Crippen LogP contribution in [0.15, 0.2) is 29.3 Å². The third-order valence-corrected chi connectivity index (χ3v) is 3.60. The Labute approximate surface area is 140 Å². The summed E-state index contributed by atoms with van der Waals surface area (Å²) in [7, 11) is 0. The van der Waals surface area contributed by atoms with E-state index in [1.54, 1.807) is 0 Å². The lowest BCUT2D eigenvalue weighted by atomic mass is 9.82. The van der Waals surface area contributed by atoms with Gasteiger partial charge in [0.1, 0.15) is 0 Å². The summed E-state index contributed by atoms with van der Waals surface area (Å²) in [6, 6.07) is 8.48. The number of nitrogens with zero attached hydrogens (tertiary/aromatic N) is 2. The lowest BCUT2D eigenvalue weighted by Gasteiger charge is -2.26. The van der Waals surface area contributed by atoms with Gasteiger partial charge in [-0.1, -0.05) is 38.1 Å². The van der Waals surface area contributed by atoms with Gasteiger partial charge in [-0.05, 0) is 31.9 Å². The van der Waals surface area contributed by atoms with Gasteiger partial charge in [0.2, 0.25) is 0 Å². The topological polar surface area (TPSA) is 41.6 Å². The van der Waals surface area contributed by atoms with Gasteiger partial charge in [-0.25, -0.2) is 0 Å². The third kappa shape index (κ3) is 4.96. The summed E-state index contributed by atoms with van der Waals surface area (Å²) in [5.41, 5.74) is 8.69. The van der Waals surface area contributed by atoms with Crippen LogP contribution < -0.4 is 5.73 Å². The molecule has 0 aliphatic rings. The van der Waals surface area contributed by atoms with E-state index in [0.717, 1.165) is 13.1 Å². The number of guanidine groups is 1. The maximum atomic E-state index is 6.04. The van der Waals surface area contributed by atoms with E-state index in [0.29, 0.717) is 12.5 Å². The molecule has 3 nitrogen and oxygen atoms in total. The Bertz CT molecular complexity index is 437. The van der Waals surface area contributed by atoms with Crippen LogP contribution >= 0.6 is 24.0 Å². The van der Waals surface area contributed by atoms with Gasteiger partial charge in [0.25, 0.3) is 0 Å². The summed E-state index contributed by atoms with van der Waals surface area (Å²) >= 11 is 0. The second kappa shape index (κ2) is 8.49. The first-order chi connectivity index (χ1) is 8.92.